The third-order valence-corrected chi connectivity index (χ3v) is 4.39. The molecule has 1 aromatic heterocycles. The summed E-state index contributed by atoms with van der Waals surface area (Å²) in [6.45, 7) is 0.183. The topological polar surface area (TPSA) is 60.5 Å². The number of nitrogens with zero attached hydrogens (tertiary/aromatic N) is 1. The van der Waals surface area contributed by atoms with E-state index >= 15 is 0 Å². The SMILES string of the molecule is O=C(Nc1scnc1-c1ccccc1)[C@@H]1COc2ccccc2O1. The normalized spacial score (nSPS) is 15.8. The summed E-state index contributed by atoms with van der Waals surface area (Å²) >= 11 is 1.38. The van der Waals surface area contributed by atoms with Crippen molar-refractivity contribution in [3.63, 3.8) is 0 Å². The van der Waals surface area contributed by atoms with Gasteiger partial charge in [0.15, 0.2) is 11.5 Å². The van der Waals surface area contributed by atoms with Gasteiger partial charge >= 0.3 is 0 Å². The zero-order valence-electron chi connectivity index (χ0n) is 12.6. The number of hydrogen-bond donors (Lipinski definition) is 1. The van der Waals surface area contributed by atoms with Gasteiger partial charge in [-0.3, -0.25) is 4.79 Å². The van der Waals surface area contributed by atoms with Crippen LogP contribution in [0.3, 0.4) is 0 Å². The van der Waals surface area contributed by atoms with Crippen LogP contribution in [0, 0.1) is 0 Å². The number of benzene rings is 2. The van der Waals surface area contributed by atoms with E-state index in [1.165, 1.54) is 11.3 Å². The van der Waals surface area contributed by atoms with E-state index in [1.54, 1.807) is 11.6 Å². The number of nitrogens with one attached hydrogen (secondary N) is 1. The number of ether oxygens (including phenoxy) is 2. The van der Waals surface area contributed by atoms with E-state index in [4.69, 9.17) is 9.47 Å². The molecule has 0 spiro atoms. The molecule has 0 unspecified atom stereocenters. The first-order valence-electron chi connectivity index (χ1n) is 7.49. The molecule has 0 bridgehead atoms. The third kappa shape index (κ3) is 2.83. The lowest BCUT2D eigenvalue weighted by atomic mass is 10.1. The zero-order chi connectivity index (χ0) is 16.4. The van der Waals surface area contributed by atoms with Gasteiger partial charge in [-0.2, -0.15) is 0 Å². The van der Waals surface area contributed by atoms with Crippen molar-refractivity contribution in [2.24, 2.45) is 0 Å². The molecular formula is C18H14N2O3S. The second kappa shape index (κ2) is 6.33. The maximum atomic E-state index is 12.5. The average Bonchev–Trinajstić information content (AvgIpc) is 3.10. The number of para-hydroxylation sites is 2. The Hall–Kier alpha value is -2.86. The summed E-state index contributed by atoms with van der Waals surface area (Å²) in [6, 6.07) is 17.1. The van der Waals surface area contributed by atoms with E-state index in [0.29, 0.717) is 16.5 Å². The first kappa shape index (κ1) is 14.7. The number of hydrogen-bond acceptors (Lipinski definition) is 5. The summed E-state index contributed by atoms with van der Waals surface area (Å²) < 4.78 is 11.3. The Bertz CT molecular complexity index is 863. The highest BCUT2D eigenvalue weighted by Gasteiger charge is 2.28. The molecule has 1 amide bonds. The molecule has 24 heavy (non-hydrogen) atoms. The smallest absolute Gasteiger partial charge is 0.269 e. The molecule has 0 aliphatic carbocycles. The van der Waals surface area contributed by atoms with E-state index in [9.17, 15) is 4.79 Å². The van der Waals surface area contributed by atoms with Gasteiger partial charge in [0.1, 0.15) is 17.3 Å². The lowest BCUT2D eigenvalue weighted by Crippen LogP contribution is -2.40. The summed E-state index contributed by atoms with van der Waals surface area (Å²) in [7, 11) is 0. The third-order valence-electron chi connectivity index (χ3n) is 3.65. The largest absolute Gasteiger partial charge is 0.485 e. The molecule has 1 N–H and O–H groups in total. The minimum Gasteiger partial charge on any atom is -0.485 e. The Kier molecular flexibility index (Phi) is 3.88. The highest BCUT2D eigenvalue weighted by Crippen LogP contribution is 2.33. The van der Waals surface area contributed by atoms with Crippen molar-refractivity contribution in [2.45, 2.75) is 6.10 Å². The van der Waals surface area contributed by atoms with Crippen molar-refractivity contribution in [3.05, 3.63) is 60.1 Å². The van der Waals surface area contributed by atoms with Crippen molar-refractivity contribution >= 4 is 22.2 Å². The van der Waals surface area contributed by atoms with Gasteiger partial charge in [0.05, 0.1) is 5.51 Å². The molecule has 0 saturated carbocycles. The second-order valence-electron chi connectivity index (χ2n) is 5.25. The lowest BCUT2D eigenvalue weighted by Gasteiger charge is -2.25. The zero-order valence-corrected chi connectivity index (χ0v) is 13.5. The van der Waals surface area contributed by atoms with Gasteiger partial charge in [-0.25, -0.2) is 4.98 Å². The molecule has 1 aliphatic rings. The summed E-state index contributed by atoms with van der Waals surface area (Å²) in [5.41, 5.74) is 3.43. The van der Waals surface area contributed by atoms with Crippen molar-refractivity contribution in [1.82, 2.24) is 4.98 Å². The number of carbonyl (C=O) groups is 1. The van der Waals surface area contributed by atoms with Crippen molar-refractivity contribution in [3.8, 4) is 22.8 Å². The predicted octanol–water partition coefficient (Wildman–Crippen LogP) is 3.59. The molecule has 4 rings (SSSR count). The van der Waals surface area contributed by atoms with Gasteiger partial charge < -0.3 is 14.8 Å². The standard InChI is InChI=1S/C18H14N2O3S/c21-17(15-10-22-13-8-4-5-9-14(13)23-15)20-18-16(19-11-24-18)12-6-2-1-3-7-12/h1-9,11,15H,10H2,(H,20,21)/t15-/m0/s1. The monoisotopic (exact) mass is 338 g/mol. The molecule has 1 atom stereocenters. The first-order valence-corrected chi connectivity index (χ1v) is 8.37. The molecule has 3 aromatic rings. The number of thiazole rings is 1. The van der Waals surface area contributed by atoms with Crippen molar-refractivity contribution < 1.29 is 14.3 Å². The number of rotatable bonds is 3. The number of fused-ring (bicyclic) bond motifs is 1. The molecule has 2 heterocycles. The van der Waals surface area contributed by atoms with E-state index in [0.717, 1.165) is 11.3 Å². The van der Waals surface area contributed by atoms with Crippen LogP contribution in [0.5, 0.6) is 11.5 Å². The summed E-state index contributed by atoms with van der Waals surface area (Å²) in [5.74, 6) is 0.992. The van der Waals surface area contributed by atoms with Gasteiger partial charge in [-0.1, -0.05) is 42.5 Å². The fourth-order valence-corrected chi connectivity index (χ4v) is 3.18. The molecule has 0 saturated heterocycles. The van der Waals surface area contributed by atoms with E-state index < -0.39 is 6.10 Å². The van der Waals surface area contributed by atoms with E-state index in [2.05, 4.69) is 10.3 Å². The summed E-state index contributed by atoms with van der Waals surface area (Å²) in [5, 5.41) is 3.60. The number of carbonyl (C=O) groups excluding carboxylic acids is 1. The fraction of sp³-hybridized carbons (Fsp3) is 0.111. The van der Waals surface area contributed by atoms with Crippen LogP contribution in [-0.4, -0.2) is 23.6 Å². The maximum absolute atomic E-state index is 12.5. The van der Waals surface area contributed by atoms with Crippen LogP contribution in [0.25, 0.3) is 11.3 Å². The predicted molar refractivity (Wildman–Crippen MR) is 92.5 cm³/mol. The Morgan fingerprint density at radius 3 is 2.67 bits per heavy atom. The Labute approximate surface area is 142 Å². The molecule has 0 radical (unpaired) electrons. The molecule has 5 nitrogen and oxygen atoms in total. The molecule has 120 valence electrons. The van der Waals surface area contributed by atoms with Crippen molar-refractivity contribution in [1.29, 1.82) is 0 Å². The number of aromatic nitrogens is 1. The van der Waals surface area contributed by atoms with Gasteiger partial charge in [0.2, 0.25) is 6.10 Å². The highest BCUT2D eigenvalue weighted by molar-refractivity contribution is 7.14. The molecule has 2 aromatic carbocycles. The van der Waals surface area contributed by atoms with Gasteiger partial charge in [0.25, 0.3) is 5.91 Å². The molecule has 1 aliphatic heterocycles. The molecular weight excluding hydrogens is 324 g/mol. The van der Waals surface area contributed by atoms with E-state index in [1.807, 2.05) is 48.5 Å². The average molecular weight is 338 g/mol. The second-order valence-corrected chi connectivity index (χ2v) is 6.10. The minimum absolute atomic E-state index is 0.183. The van der Waals surface area contributed by atoms with Crippen molar-refractivity contribution in [2.75, 3.05) is 11.9 Å². The highest BCUT2D eigenvalue weighted by atomic mass is 32.1. The van der Waals surface area contributed by atoms with Crippen LogP contribution >= 0.6 is 11.3 Å². The quantitative estimate of drug-likeness (QED) is 0.793. The van der Waals surface area contributed by atoms with Crippen LogP contribution in [0.2, 0.25) is 0 Å². The van der Waals surface area contributed by atoms with Gasteiger partial charge in [0, 0.05) is 5.56 Å². The van der Waals surface area contributed by atoms with E-state index in [-0.39, 0.29) is 12.5 Å². The Balaban J connectivity index is 1.51. The maximum Gasteiger partial charge on any atom is 0.269 e. The van der Waals surface area contributed by atoms with Crippen LogP contribution < -0.4 is 14.8 Å². The minimum atomic E-state index is -0.689. The Morgan fingerprint density at radius 1 is 1.08 bits per heavy atom. The fourth-order valence-electron chi connectivity index (χ4n) is 2.48. The summed E-state index contributed by atoms with van der Waals surface area (Å²) in [4.78, 5) is 16.9. The van der Waals surface area contributed by atoms with Crippen LogP contribution in [0.1, 0.15) is 0 Å². The lowest BCUT2D eigenvalue weighted by molar-refractivity contribution is -0.125. The Morgan fingerprint density at radius 2 is 1.83 bits per heavy atom. The molecule has 0 fully saturated rings. The molecule has 6 heteroatoms. The summed E-state index contributed by atoms with van der Waals surface area (Å²) in [6.07, 6.45) is -0.689. The van der Waals surface area contributed by atoms with Crippen LogP contribution in [0.15, 0.2) is 60.1 Å². The number of anilines is 1. The van der Waals surface area contributed by atoms with Gasteiger partial charge in [-0.05, 0) is 12.1 Å². The first-order chi connectivity index (χ1) is 11.8. The van der Waals surface area contributed by atoms with Gasteiger partial charge in [-0.15, -0.1) is 11.3 Å². The van der Waals surface area contributed by atoms with Crippen LogP contribution in [-0.2, 0) is 4.79 Å². The van der Waals surface area contributed by atoms with Crippen LogP contribution in [0.4, 0.5) is 5.00 Å². The number of amides is 1.